The fraction of sp³-hybridized carbons (Fsp3) is 1.00. The molecule has 0 N–H and O–H groups in total. The summed E-state index contributed by atoms with van der Waals surface area (Å²) >= 11 is 0. The fourth-order valence-corrected chi connectivity index (χ4v) is 11.8. The summed E-state index contributed by atoms with van der Waals surface area (Å²) in [5.74, 6) is 7.57. The van der Waals surface area contributed by atoms with Crippen molar-refractivity contribution in [3.05, 3.63) is 0 Å². The summed E-state index contributed by atoms with van der Waals surface area (Å²) in [5.41, 5.74) is 0. The molecule has 6 aliphatic carbocycles. The van der Waals surface area contributed by atoms with E-state index >= 15 is 0 Å². The van der Waals surface area contributed by atoms with Gasteiger partial charge in [0.15, 0.2) is 0 Å². The van der Waals surface area contributed by atoms with E-state index < -0.39 is 0 Å². The lowest BCUT2D eigenvalue weighted by atomic mass is 9.65. The maximum atomic E-state index is 3.32. The minimum Gasteiger partial charge on any atom is -0.294 e. The van der Waals surface area contributed by atoms with Gasteiger partial charge >= 0.3 is 0 Å². The Labute approximate surface area is 238 Å². The highest BCUT2D eigenvalue weighted by Crippen LogP contribution is 2.49. The number of nitrogens with zero attached hydrogens (tertiary/aromatic N) is 1. The Balaban J connectivity index is 1.07. The zero-order chi connectivity index (χ0) is 25.7. The Morgan fingerprint density at radius 1 is 0.421 bits per heavy atom. The van der Waals surface area contributed by atoms with E-state index in [1.807, 2.05) is 0 Å². The molecule has 1 heteroatoms. The largest absolute Gasteiger partial charge is 0.294 e. The van der Waals surface area contributed by atoms with Gasteiger partial charge in [0.1, 0.15) is 0 Å². The number of rotatable bonds is 7. The monoisotopic (exact) mass is 524 g/mol. The third kappa shape index (κ3) is 6.54. The molecule has 218 valence electrons. The molecule has 0 heterocycles. The van der Waals surface area contributed by atoms with Crippen molar-refractivity contribution < 1.29 is 0 Å². The smallest absolute Gasteiger partial charge is 0.0132 e. The standard InChI is InChI=1S/C37H65N/c1-2-9-28-16-24-34(25-17-28)38(37-15-8-13-33-12-6-7-14-36(33)37)35-26-22-32(23-27-35)31-20-18-30(19-21-31)29-10-4-3-5-11-29/h28-37H,2-27H2,1H3. The summed E-state index contributed by atoms with van der Waals surface area (Å²) < 4.78 is 0. The molecule has 6 rings (SSSR count). The van der Waals surface area contributed by atoms with Gasteiger partial charge in [-0.3, -0.25) is 4.90 Å². The van der Waals surface area contributed by atoms with Gasteiger partial charge in [0.2, 0.25) is 0 Å². The average Bonchev–Trinajstić information content (AvgIpc) is 2.99. The van der Waals surface area contributed by atoms with Crippen LogP contribution >= 0.6 is 0 Å². The number of hydrogen-bond donors (Lipinski definition) is 0. The molecule has 0 aromatic carbocycles. The van der Waals surface area contributed by atoms with Crippen molar-refractivity contribution in [2.45, 2.75) is 192 Å². The molecule has 1 nitrogen and oxygen atoms in total. The Morgan fingerprint density at radius 2 is 0.895 bits per heavy atom. The van der Waals surface area contributed by atoms with Crippen LogP contribution in [0, 0.1) is 41.4 Å². The minimum absolute atomic E-state index is 0.932. The van der Waals surface area contributed by atoms with Crippen LogP contribution < -0.4 is 0 Å². The highest BCUT2D eigenvalue weighted by Gasteiger charge is 2.44. The topological polar surface area (TPSA) is 3.24 Å². The third-order valence-corrected chi connectivity index (χ3v) is 13.8. The first-order chi connectivity index (χ1) is 18.8. The first-order valence-corrected chi connectivity index (χ1v) is 18.6. The van der Waals surface area contributed by atoms with Crippen molar-refractivity contribution in [3.8, 4) is 0 Å². The molecule has 0 aromatic rings. The van der Waals surface area contributed by atoms with Crippen molar-refractivity contribution in [1.29, 1.82) is 0 Å². The zero-order valence-electron chi connectivity index (χ0n) is 25.6. The van der Waals surface area contributed by atoms with Crippen LogP contribution in [0.15, 0.2) is 0 Å². The van der Waals surface area contributed by atoms with Crippen LogP contribution in [-0.4, -0.2) is 23.0 Å². The molecule has 3 unspecified atom stereocenters. The van der Waals surface area contributed by atoms with Gasteiger partial charge in [-0.2, -0.15) is 0 Å². The summed E-state index contributed by atoms with van der Waals surface area (Å²) in [5, 5.41) is 0. The van der Waals surface area contributed by atoms with Gasteiger partial charge in [-0.05, 0) is 131 Å². The van der Waals surface area contributed by atoms with Gasteiger partial charge in [0.25, 0.3) is 0 Å². The van der Waals surface area contributed by atoms with E-state index in [2.05, 4.69) is 11.8 Å². The van der Waals surface area contributed by atoms with Crippen molar-refractivity contribution in [2.24, 2.45) is 41.4 Å². The van der Waals surface area contributed by atoms with Crippen LogP contribution in [0.25, 0.3) is 0 Å². The first kappa shape index (κ1) is 28.1. The first-order valence-electron chi connectivity index (χ1n) is 18.6. The van der Waals surface area contributed by atoms with Gasteiger partial charge in [0.05, 0.1) is 0 Å². The molecule has 0 radical (unpaired) electrons. The molecule has 0 spiro atoms. The van der Waals surface area contributed by atoms with Gasteiger partial charge in [-0.1, -0.05) is 84.0 Å². The van der Waals surface area contributed by atoms with E-state index in [9.17, 15) is 0 Å². The number of hydrogen-bond acceptors (Lipinski definition) is 1. The molecule has 0 amide bonds. The highest BCUT2D eigenvalue weighted by atomic mass is 15.2. The van der Waals surface area contributed by atoms with Crippen LogP contribution in [0.2, 0.25) is 0 Å². The van der Waals surface area contributed by atoms with E-state index in [4.69, 9.17) is 0 Å². The van der Waals surface area contributed by atoms with E-state index in [0.29, 0.717) is 0 Å². The summed E-state index contributed by atoms with van der Waals surface area (Å²) in [6, 6.07) is 2.82. The Morgan fingerprint density at radius 3 is 1.53 bits per heavy atom. The Bertz CT molecular complexity index is 669. The molecule has 3 atom stereocenters. The molecule has 0 saturated heterocycles. The van der Waals surface area contributed by atoms with Crippen LogP contribution in [-0.2, 0) is 0 Å². The lowest BCUT2D eigenvalue weighted by Crippen LogP contribution is -2.56. The molecular formula is C37H65N. The maximum Gasteiger partial charge on any atom is 0.0132 e. The predicted molar refractivity (Wildman–Crippen MR) is 163 cm³/mol. The van der Waals surface area contributed by atoms with E-state index in [-0.39, 0.29) is 0 Å². The van der Waals surface area contributed by atoms with Gasteiger partial charge in [0, 0.05) is 18.1 Å². The van der Waals surface area contributed by atoms with Crippen molar-refractivity contribution in [1.82, 2.24) is 4.90 Å². The van der Waals surface area contributed by atoms with Crippen LogP contribution in [0.1, 0.15) is 174 Å². The minimum atomic E-state index is 0.932. The van der Waals surface area contributed by atoms with Crippen LogP contribution in [0.3, 0.4) is 0 Å². The highest BCUT2D eigenvalue weighted by molar-refractivity contribution is 4.98. The molecular weight excluding hydrogens is 458 g/mol. The molecule has 0 aromatic heterocycles. The van der Waals surface area contributed by atoms with Crippen LogP contribution in [0.4, 0.5) is 0 Å². The Hall–Kier alpha value is -0.0400. The van der Waals surface area contributed by atoms with E-state index in [0.717, 1.165) is 59.6 Å². The van der Waals surface area contributed by atoms with E-state index in [1.165, 1.54) is 77.0 Å². The second-order valence-corrected chi connectivity index (χ2v) is 15.8. The molecule has 0 aliphatic heterocycles. The Kier molecular flexibility index (Phi) is 10.2. The van der Waals surface area contributed by atoms with Crippen molar-refractivity contribution in [3.63, 3.8) is 0 Å². The van der Waals surface area contributed by atoms with Crippen molar-refractivity contribution >= 4 is 0 Å². The second-order valence-electron chi connectivity index (χ2n) is 15.8. The third-order valence-electron chi connectivity index (χ3n) is 13.8. The predicted octanol–water partition coefficient (Wildman–Crippen LogP) is 11.0. The molecule has 6 fully saturated rings. The molecule has 38 heavy (non-hydrogen) atoms. The number of fused-ring (bicyclic) bond motifs is 1. The molecule has 6 aliphatic rings. The van der Waals surface area contributed by atoms with Gasteiger partial charge in [-0.25, -0.2) is 0 Å². The average molecular weight is 524 g/mol. The van der Waals surface area contributed by atoms with Crippen molar-refractivity contribution in [2.75, 3.05) is 0 Å². The zero-order valence-corrected chi connectivity index (χ0v) is 25.6. The quantitative estimate of drug-likeness (QED) is 0.321. The van der Waals surface area contributed by atoms with Gasteiger partial charge < -0.3 is 0 Å². The molecule has 6 saturated carbocycles. The van der Waals surface area contributed by atoms with Crippen LogP contribution in [0.5, 0.6) is 0 Å². The normalized spacial score (nSPS) is 43.6. The lowest BCUT2D eigenvalue weighted by molar-refractivity contribution is -0.0427. The molecule has 0 bridgehead atoms. The maximum absolute atomic E-state index is 3.32. The summed E-state index contributed by atoms with van der Waals surface area (Å²) in [7, 11) is 0. The summed E-state index contributed by atoms with van der Waals surface area (Å²) in [4.78, 5) is 3.32. The van der Waals surface area contributed by atoms with Gasteiger partial charge in [-0.15, -0.1) is 0 Å². The fourth-order valence-electron chi connectivity index (χ4n) is 11.8. The van der Waals surface area contributed by atoms with E-state index in [1.54, 1.807) is 89.9 Å². The summed E-state index contributed by atoms with van der Waals surface area (Å²) in [6.45, 7) is 2.41. The summed E-state index contributed by atoms with van der Waals surface area (Å²) in [6.07, 6.45) is 40.2. The second kappa shape index (κ2) is 13.7. The SMILES string of the molecule is CCCC1CCC(N(C2CCC(C3CCC(C4CCCCC4)CC3)CC2)C2CCCC3CCCCC32)CC1. The lowest BCUT2D eigenvalue weighted by Gasteiger charge is -2.54.